The van der Waals surface area contributed by atoms with Crippen LogP contribution in [0.3, 0.4) is 0 Å². The van der Waals surface area contributed by atoms with E-state index in [1.165, 1.54) is 0 Å². The highest BCUT2D eigenvalue weighted by molar-refractivity contribution is 6.13. The highest BCUT2D eigenvalue weighted by atomic mass is 35.5. The van der Waals surface area contributed by atoms with Gasteiger partial charge in [0.15, 0.2) is 0 Å². The largest absolute Gasteiger partial charge is 0.308 e. The van der Waals surface area contributed by atoms with Gasteiger partial charge in [0.2, 0.25) is 0 Å². The fraction of sp³-hybridized carbons (Fsp3) is 1.00. The maximum atomic E-state index is 5.72. The Morgan fingerprint density at radius 1 is 1.22 bits per heavy atom. The zero-order valence-corrected chi connectivity index (χ0v) is 7.15. The summed E-state index contributed by atoms with van der Waals surface area (Å²) in [6.07, 6.45) is 0. The summed E-state index contributed by atoms with van der Waals surface area (Å²) in [7, 11) is 4.08. The first-order valence-electron chi connectivity index (χ1n) is 3.22. The number of hydrogen-bond acceptors (Lipinski definition) is 2. The second-order valence-electron chi connectivity index (χ2n) is 2.31. The molecule has 0 bridgehead atoms. The Morgan fingerprint density at radius 3 is 2.11 bits per heavy atom. The van der Waals surface area contributed by atoms with Crippen LogP contribution >= 0.6 is 11.8 Å². The third-order valence-electron chi connectivity index (χ3n) is 1.13. The molecule has 0 unspecified atom stereocenters. The smallest absolute Gasteiger partial charge is 0.0266 e. The number of halogens is 1. The molecule has 0 aliphatic rings. The van der Waals surface area contributed by atoms with Gasteiger partial charge in [0, 0.05) is 19.6 Å². The Bertz CT molecular complexity index is 66.1. The van der Waals surface area contributed by atoms with Crippen molar-refractivity contribution >= 4 is 11.8 Å². The number of likely N-dealkylation sites (N-methyl/N-ethyl adjacent to an activating group) is 2. The molecule has 9 heavy (non-hydrogen) atoms. The van der Waals surface area contributed by atoms with Crippen molar-refractivity contribution in [2.45, 2.75) is 6.92 Å². The molecule has 0 radical (unpaired) electrons. The molecular formula is C6H15ClN2. The molecule has 56 valence electrons. The zero-order valence-electron chi connectivity index (χ0n) is 6.39. The lowest BCUT2D eigenvalue weighted by Crippen LogP contribution is -2.24. The second-order valence-corrected chi connectivity index (χ2v) is 2.78. The lowest BCUT2D eigenvalue weighted by atomic mass is 10.5. The van der Waals surface area contributed by atoms with Gasteiger partial charge in [-0.15, -0.1) is 0 Å². The Hall–Kier alpha value is 0.210. The van der Waals surface area contributed by atoms with E-state index >= 15 is 0 Å². The first-order chi connectivity index (χ1) is 4.16. The molecule has 0 saturated carbocycles. The Labute approximate surface area is 62.5 Å². The van der Waals surface area contributed by atoms with Crippen molar-refractivity contribution in [2.75, 3.05) is 33.7 Å². The summed E-state index contributed by atoms with van der Waals surface area (Å²) in [6, 6.07) is 0. The van der Waals surface area contributed by atoms with Gasteiger partial charge in [0.05, 0.1) is 0 Å². The first-order valence-corrected chi connectivity index (χ1v) is 3.56. The molecule has 0 aromatic carbocycles. The maximum absolute atomic E-state index is 5.72. The van der Waals surface area contributed by atoms with E-state index in [0.29, 0.717) is 0 Å². The van der Waals surface area contributed by atoms with Crippen LogP contribution in [-0.2, 0) is 0 Å². The standard InChI is InChI=1S/C6H15ClN2/c1-4-9(7)6-5-8(2)3/h4-6H2,1-3H3. The summed E-state index contributed by atoms with van der Waals surface area (Å²) in [5, 5.41) is 0. The number of rotatable bonds is 4. The van der Waals surface area contributed by atoms with Gasteiger partial charge in [-0.3, -0.25) is 0 Å². The molecule has 0 aliphatic carbocycles. The summed E-state index contributed by atoms with van der Waals surface area (Å²) >= 11 is 5.72. The van der Waals surface area contributed by atoms with E-state index in [2.05, 4.69) is 4.90 Å². The van der Waals surface area contributed by atoms with Crippen molar-refractivity contribution in [3.63, 3.8) is 0 Å². The fourth-order valence-electron chi connectivity index (χ4n) is 0.467. The molecule has 0 rings (SSSR count). The van der Waals surface area contributed by atoms with Crippen LogP contribution in [0.1, 0.15) is 6.92 Å². The molecule has 0 aromatic heterocycles. The van der Waals surface area contributed by atoms with Gasteiger partial charge in [0.25, 0.3) is 0 Å². The van der Waals surface area contributed by atoms with Crippen molar-refractivity contribution in [1.82, 2.24) is 9.32 Å². The van der Waals surface area contributed by atoms with Crippen LogP contribution in [0.5, 0.6) is 0 Å². The zero-order chi connectivity index (χ0) is 7.28. The summed E-state index contributed by atoms with van der Waals surface area (Å²) in [6.45, 7) is 4.92. The van der Waals surface area contributed by atoms with Crippen molar-refractivity contribution in [3.8, 4) is 0 Å². The third kappa shape index (κ3) is 6.09. The van der Waals surface area contributed by atoms with Crippen LogP contribution in [-0.4, -0.2) is 43.0 Å². The molecular weight excluding hydrogens is 136 g/mol. The van der Waals surface area contributed by atoms with Crippen molar-refractivity contribution in [2.24, 2.45) is 0 Å². The number of nitrogens with zero attached hydrogens (tertiary/aromatic N) is 2. The molecule has 0 spiro atoms. The average molecular weight is 151 g/mol. The van der Waals surface area contributed by atoms with Crippen LogP contribution in [0.2, 0.25) is 0 Å². The lowest BCUT2D eigenvalue weighted by Gasteiger charge is -2.14. The third-order valence-corrected chi connectivity index (χ3v) is 1.54. The van der Waals surface area contributed by atoms with Crippen LogP contribution < -0.4 is 0 Å². The van der Waals surface area contributed by atoms with Gasteiger partial charge in [-0.1, -0.05) is 6.92 Å². The maximum Gasteiger partial charge on any atom is 0.0266 e. The van der Waals surface area contributed by atoms with Crippen LogP contribution in [0.15, 0.2) is 0 Å². The minimum atomic E-state index is 0.912. The summed E-state index contributed by atoms with van der Waals surface area (Å²) in [5.74, 6) is 0. The molecule has 0 saturated heterocycles. The quantitative estimate of drug-likeness (QED) is 0.553. The van der Waals surface area contributed by atoms with Gasteiger partial charge in [-0.25, -0.2) is 4.42 Å². The normalized spacial score (nSPS) is 11.3. The van der Waals surface area contributed by atoms with Gasteiger partial charge in [0.1, 0.15) is 0 Å². The predicted octanol–water partition coefficient (Wildman–Crippen LogP) is 1.02. The molecule has 0 aliphatic heterocycles. The van der Waals surface area contributed by atoms with Crippen molar-refractivity contribution in [3.05, 3.63) is 0 Å². The Kier molecular flexibility index (Phi) is 5.15. The van der Waals surface area contributed by atoms with E-state index in [1.807, 2.05) is 21.0 Å². The molecule has 0 amide bonds. The van der Waals surface area contributed by atoms with Gasteiger partial charge >= 0.3 is 0 Å². The van der Waals surface area contributed by atoms with E-state index in [0.717, 1.165) is 19.6 Å². The SMILES string of the molecule is CCN(Cl)CCN(C)C. The van der Waals surface area contributed by atoms with Crippen LogP contribution in [0.4, 0.5) is 0 Å². The molecule has 0 atom stereocenters. The average Bonchev–Trinajstić information content (AvgIpc) is 1.83. The van der Waals surface area contributed by atoms with E-state index in [9.17, 15) is 0 Å². The molecule has 0 heterocycles. The summed E-state index contributed by atoms with van der Waals surface area (Å²) < 4.78 is 1.78. The molecule has 0 fully saturated rings. The minimum Gasteiger partial charge on any atom is -0.308 e. The van der Waals surface area contributed by atoms with E-state index in [4.69, 9.17) is 11.8 Å². The molecule has 2 nitrogen and oxygen atoms in total. The molecule has 3 heteroatoms. The van der Waals surface area contributed by atoms with Crippen molar-refractivity contribution < 1.29 is 0 Å². The van der Waals surface area contributed by atoms with Gasteiger partial charge < -0.3 is 4.90 Å². The Morgan fingerprint density at radius 2 is 1.78 bits per heavy atom. The second kappa shape index (κ2) is 5.03. The summed E-state index contributed by atoms with van der Waals surface area (Å²) in [4.78, 5) is 2.12. The minimum absolute atomic E-state index is 0.912. The first kappa shape index (κ1) is 9.21. The van der Waals surface area contributed by atoms with Gasteiger partial charge in [-0.05, 0) is 25.9 Å². The fourth-order valence-corrected chi connectivity index (χ4v) is 0.542. The monoisotopic (exact) mass is 150 g/mol. The van der Waals surface area contributed by atoms with E-state index in [-0.39, 0.29) is 0 Å². The van der Waals surface area contributed by atoms with E-state index < -0.39 is 0 Å². The summed E-state index contributed by atoms with van der Waals surface area (Å²) in [5.41, 5.74) is 0. The molecule has 0 aromatic rings. The highest BCUT2D eigenvalue weighted by Gasteiger charge is 1.95. The Balaban J connectivity index is 3.06. The van der Waals surface area contributed by atoms with E-state index in [1.54, 1.807) is 4.42 Å². The van der Waals surface area contributed by atoms with Crippen LogP contribution in [0.25, 0.3) is 0 Å². The number of hydrogen-bond donors (Lipinski definition) is 0. The van der Waals surface area contributed by atoms with Crippen LogP contribution in [0, 0.1) is 0 Å². The highest BCUT2D eigenvalue weighted by Crippen LogP contribution is 1.91. The molecule has 0 N–H and O–H groups in total. The topological polar surface area (TPSA) is 6.48 Å². The predicted molar refractivity (Wildman–Crippen MR) is 41.7 cm³/mol. The van der Waals surface area contributed by atoms with Crippen molar-refractivity contribution in [1.29, 1.82) is 0 Å². The van der Waals surface area contributed by atoms with Gasteiger partial charge in [-0.2, -0.15) is 0 Å². The lowest BCUT2D eigenvalue weighted by molar-refractivity contribution is 0.351.